The van der Waals surface area contributed by atoms with E-state index in [4.69, 9.17) is 11.6 Å². The second kappa shape index (κ2) is 9.15. The van der Waals surface area contributed by atoms with Crippen LogP contribution in [0.3, 0.4) is 0 Å². The van der Waals surface area contributed by atoms with Crippen molar-refractivity contribution >= 4 is 44.6 Å². The maximum atomic E-state index is 12.8. The number of aryl methyl sites for hydroxylation is 1. The molecule has 2 N–H and O–H groups in total. The molecule has 31 heavy (non-hydrogen) atoms. The highest BCUT2D eigenvalue weighted by Gasteiger charge is 2.18. The van der Waals surface area contributed by atoms with Crippen molar-refractivity contribution in [3.8, 4) is 0 Å². The van der Waals surface area contributed by atoms with Crippen molar-refractivity contribution in [2.24, 2.45) is 0 Å². The number of anilines is 2. The van der Waals surface area contributed by atoms with Crippen LogP contribution in [0.1, 0.15) is 11.1 Å². The number of carbonyl (C=O) groups excluding carboxylic acids is 1. The predicted octanol–water partition coefficient (Wildman–Crippen LogP) is 4.54. The van der Waals surface area contributed by atoms with Crippen LogP contribution in [-0.4, -0.2) is 19.2 Å². The molecule has 0 aliphatic carbocycles. The van der Waals surface area contributed by atoms with Crippen LogP contribution < -0.4 is 10.0 Å². The van der Waals surface area contributed by atoms with Crippen LogP contribution in [0.4, 0.5) is 17.1 Å². The Bertz CT molecular complexity index is 1240. The maximum absolute atomic E-state index is 12.8. The molecule has 0 saturated heterocycles. The van der Waals surface area contributed by atoms with E-state index in [2.05, 4.69) is 10.0 Å². The SMILES string of the molecule is Cc1ccc(NC(=O)Cc2ccc([N+](=O)[O-])cc2)cc1S(=O)(=O)Nc1cccc(Cl)c1. The molecule has 0 radical (unpaired) electrons. The van der Waals surface area contributed by atoms with E-state index in [9.17, 15) is 23.3 Å². The Labute approximate surface area is 184 Å². The molecule has 0 bridgehead atoms. The summed E-state index contributed by atoms with van der Waals surface area (Å²) in [6.45, 7) is 1.65. The predicted molar refractivity (Wildman–Crippen MR) is 119 cm³/mol. The molecular formula is C21H18ClN3O5S. The van der Waals surface area contributed by atoms with Crippen LogP contribution in [0.25, 0.3) is 0 Å². The van der Waals surface area contributed by atoms with Crippen LogP contribution in [-0.2, 0) is 21.2 Å². The van der Waals surface area contributed by atoms with Gasteiger partial charge in [0.15, 0.2) is 0 Å². The summed E-state index contributed by atoms with van der Waals surface area (Å²) in [6.07, 6.45) is -0.0191. The van der Waals surface area contributed by atoms with Crippen molar-refractivity contribution in [2.45, 2.75) is 18.2 Å². The molecule has 1 amide bonds. The number of sulfonamides is 1. The number of hydrogen-bond acceptors (Lipinski definition) is 5. The molecule has 0 saturated carbocycles. The summed E-state index contributed by atoms with van der Waals surface area (Å²) < 4.78 is 28.1. The number of nitrogens with zero attached hydrogens (tertiary/aromatic N) is 1. The van der Waals surface area contributed by atoms with Crippen molar-refractivity contribution in [1.82, 2.24) is 0 Å². The lowest BCUT2D eigenvalue weighted by Gasteiger charge is -2.13. The molecule has 0 aliphatic rings. The van der Waals surface area contributed by atoms with Gasteiger partial charge in [0.2, 0.25) is 5.91 Å². The van der Waals surface area contributed by atoms with Gasteiger partial charge in [-0.15, -0.1) is 0 Å². The molecule has 0 heterocycles. The second-order valence-electron chi connectivity index (χ2n) is 6.74. The van der Waals surface area contributed by atoms with Crippen molar-refractivity contribution in [2.75, 3.05) is 10.0 Å². The summed E-state index contributed by atoms with van der Waals surface area (Å²) >= 11 is 5.91. The van der Waals surface area contributed by atoms with Crippen LogP contribution in [0, 0.1) is 17.0 Å². The average molecular weight is 460 g/mol. The van der Waals surface area contributed by atoms with Gasteiger partial charge >= 0.3 is 0 Å². The molecule has 3 aromatic rings. The van der Waals surface area contributed by atoms with Gasteiger partial charge in [-0.3, -0.25) is 19.6 Å². The van der Waals surface area contributed by atoms with E-state index in [0.29, 0.717) is 27.5 Å². The zero-order chi connectivity index (χ0) is 22.6. The van der Waals surface area contributed by atoms with Crippen LogP contribution >= 0.6 is 11.6 Å². The molecule has 0 unspecified atom stereocenters. The smallest absolute Gasteiger partial charge is 0.269 e. The van der Waals surface area contributed by atoms with E-state index in [1.807, 2.05) is 0 Å². The van der Waals surface area contributed by atoms with Crippen LogP contribution in [0.2, 0.25) is 5.02 Å². The molecule has 0 spiro atoms. The summed E-state index contributed by atoms with van der Waals surface area (Å²) in [6, 6.07) is 16.5. The van der Waals surface area contributed by atoms with Gasteiger partial charge in [0, 0.05) is 22.8 Å². The molecule has 0 aliphatic heterocycles. The lowest BCUT2D eigenvalue weighted by molar-refractivity contribution is -0.384. The first kappa shape index (κ1) is 22.3. The maximum Gasteiger partial charge on any atom is 0.269 e. The van der Waals surface area contributed by atoms with Gasteiger partial charge in [0.1, 0.15) is 0 Å². The highest BCUT2D eigenvalue weighted by Crippen LogP contribution is 2.24. The van der Waals surface area contributed by atoms with Crippen molar-refractivity contribution < 1.29 is 18.1 Å². The molecule has 0 aromatic heterocycles. The normalized spacial score (nSPS) is 11.0. The number of carbonyl (C=O) groups is 1. The fourth-order valence-corrected chi connectivity index (χ4v) is 4.37. The summed E-state index contributed by atoms with van der Waals surface area (Å²) in [7, 11) is -3.91. The number of hydrogen-bond donors (Lipinski definition) is 2. The number of nitro benzene ring substituents is 1. The Kier molecular flexibility index (Phi) is 6.57. The quantitative estimate of drug-likeness (QED) is 0.397. The summed E-state index contributed by atoms with van der Waals surface area (Å²) in [4.78, 5) is 22.6. The third-order valence-electron chi connectivity index (χ3n) is 4.35. The van der Waals surface area contributed by atoms with E-state index in [-0.39, 0.29) is 22.9 Å². The minimum Gasteiger partial charge on any atom is -0.326 e. The summed E-state index contributed by atoms with van der Waals surface area (Å²) in [5, 5.41) is 13.8. The number of non-ortho nitro benzene ring substituents is 1. The van der Waals surface area contributed by atoms with E-state index in [1.165, 1.54) is 36.4 Å². The largest absolute Gasteiger partial charge is 0.326 e. The van der Waals surface area contributed by atoms with E-state index in [1.54, 1.807) is 37.3 Å². The van der Waals surface area contributed by atoms with Gasteiger partial charge in [-0.05, 0) is 48.4 Å². The molecule has 160 valence electrons. The van der Waals surface area contributed by atoms with Gasteiger partial charge in [-0.25, -0.2) is 8.42 Å². The van der Waals surface area contributed by atoms with E-state index < -0.39 is 14.9 Å². The van der Waals surface area contributed by atoms with Gasteiger partial charge in [0.05, 0.1) is 21.9 Å². The fourth-order valence-electron chi connectivity index (χ4n) is 2.86. The minimum absolute atomic E-state index is 0.0145. The number of nitro groups is 1. The minimum atomic E-state index is -3.91. The Morgan fingerprint density at radius 2 is 1.74 bits per heavy atom. The first-order valence-electron chi connectivity index (χ1n) is 9.06. The second-order valence-corrected chi connectivity index (χ2v) is 8.83. The number of nitrogens with one attached hydrogen (secondary N) is 2. The number of amides is 1. The number of halogens is 1. The number of benzene rings is 3. The van der Waals surface area contributed by atoms with Crippen molar-refractivity contribution in [3.05, 3.63) is 93.0 Å². The van der Waals surface area contributed by atoms with E-state index >= 15 is 0 Å². The Morgan fingerprint density at radius 3 is 2.39 bits per heavy atom. The third-order valence-corrected chi connectivity index (χ3v) is 6.11. The van der Waals surface area contributed by atoms with Gasteiger partial charge in [-0.1, -0.05) is 35.9 Å². The Morgan fingerprint density at radius 1 is 1.03 bits per heavy atom. The highest BCUT2D eigenvalue weighted by atomic mass is 35.5. The Balaban J connectivity index is 1.75. The monoisotopic (exact) mass is 459 g/mol. The van der Waals surface area contributed by atoms with Gasteiger partial charge < -0.3 is 5.32 Å². The van der Waals surface area contributed by atoms with Gasteiger partial charge in [0.25, 0.3) is 15.7 Å². The molecule has 3 aromatic carbocycles. The van der Waals surface area contributed by atoms with Crippen LogP contribution in [0.5, 0.6) is 0 Å². The van der Waals surface area contributed by atoms with Crippen molar-refractivity contribution in [1.29, 1.82) is 0 Å². The molecule has 10 heteroatoms. The molecule has 8 nitrogen and oxygen atoms in total. The zero-order valence-electron chi connectivity index (χ0n) is 16.3. The molecule has 0 fully saturated rings. The third kappa shape index (κ3) is 5.80. The van der Waals surface area contributed by atoms with E-state index in [0.717, 1.165) is 0 Å². The first-order valence-corrected chi connectivity index (χ1v) is 10.9. The van der Waals surface area contributed by atoms with Gasteiger partial charge in [-0.2, -0.15) is 0 Å². The summed E-state index contributed by atoms with van der Waals surface area (Å²) in [5.41, 5.74) is 1.65. The standard InChI is InChI=1S/C21H18ClN3O5S/c1-14-5-8-17(23-21(26)11-15-6-9-19(10-7-15)25(27)28)13-20(14)31(29,30)24-18-4-2-3-16(22)12-18/h2-10,12-13,24H,11H2,1H3,(H,23,26). The Hall–Kier alpha value is -3.43. The fraction of sp³-hybridized carbons (Fsp3) is 0.0952. The molecule has 3 rings (SSSR count). The average Bonchev–Trinajstić information content (AvgIpc) is 2.69. The summed E-state index contributed by atoms with van der Waals surface area (Å²) in [5.74, 6) is -0.385. The lowest BCUT2D eigenvalue weighted by atomic mass is 10.1. The number of rotatable bonds is 7. The highest BCUT2D eigenvalue weighted by molar-refractivity contribution is 7.92. The lowest BCUT2D eigenvalue weighted by Crippen LogP contribution is -2.17. The molecule has 0 atom stereocenters. The van der Waals surface area contributed by atoms with Crippen LogP contribution in [0.15, 0.2) is 71.6 Å². The zero-order valence-corrected chi connectivity index (χ0v) is 17.9. The first-order chi connectivity index (χ1) is 14.6. The van der Waals surface area contributed by atoms with Crippen molar-refractivity contribution in [3.63, 3.8) is 0 Å². The topological polar surface area (TPSA) is 118 Å². The molecular weight excluding hydrogens is 442 g/mol.